The summed E-state index contributed by atoms with van der Waals surface area (Å²) in [6, 6.07) is 14.6. The molecule has 2 unspecified atom stereocenters. The molecule has 1 amide bonds. The molecule has 8 nitrogen and oxygen atoms in total. The van der Waals surface area contributed by atoms with Gasteiger partial charge in [0, 0.05) is 13.2 Å². The number of hydrogen-bond donors (Lipinski definition) is 3. The number of unbranched alkanes of at least 4 members (excludes halogenated alkanes) is 2. The van der Waals surface area contributed by atoms with E-state index in [-0.39, 0.29) is 12.0 Å². The number of carbonyl (C=O) groups excluding carboxylic acids is 1. The third-order valence-corrected chi connectivity index (χ3v) is 5.18. The van der Waals surface area contributed by atoms with Gasteiger partial charge in [0.1, 0.15) is 6.61 Å². The van der Waals surface area contributed by atoms with Crippen LogP contribution in [0.1, 0.15) is 45.6 Å². The molecule has 0 fully saturated rings. The summed E-state index contributed by atoms with van der Waals surface area (Å²) in [4.78, 5) is 35.2. The number of fused-ring (bicyclic) bond motifs is 1. The molecule has 0 aliphatic carbocycles. The highest BCUT2D eigenvalue weighted by molar-refractivity contribution is 5.88. The number of nitrogens with one attached hydrogen (secondary N) is 1. The number of ether oxygens (including phenoxy) is 2. The molecule has 0 aromatic heterocycles. The van der Waals surface area contributed by atoms with Crippen LogP contribution in [0.25, 0.3) is 10.8 Å². The van der Waals surface area contributed by atoms with Crippen molar-refractivity contribution in [1.82, 2.24) is 5.32 Å². The number of hydrogen-bond acceptors (Lipinski definition) is 5. The fraction of sp³-hybridized carbons (Fsp3) is 0.500. The van der Waals surface area contributed by atoms with Gasteiger partial charge in [0.05, 0.1) is 0 Å². The summed E-state index contributed by atoms with van der Waals surface area (Å²) in [7, 11) is 0. The van der Waals surface area contributed by atoms with E-state index < -0.39 is 36.7 Å². The Kier molecular flexibility index (Phi) is 10.5. The molecule has 0 aliphatic rings. The lowest BCUT2D eigenvalue weighted by Crippen LogP contribution is -2.50. The van der Waals surface area contributed by atoms with E-state index in [4.69, 9.17) is 14.6 Å². The van der Waals surface area contributed by atoms with Gasteiger partial charge in [-0.25, -0.2) is 9.59 Å². The maximum absolute atomic E-state index is 12.7. The summed E-state index contributed by atoms with van der Waals surface area (Å²) < 4.78 is 10.6. The molecule has 0 spiro atoms. The van der Waals surface area contributed by atoms with Crippen LogP contribution in [0.3, 0.4) is 0 Å². The quantitative estimate of drug-likeness (QED) is 0.358. The largest absolute Gasteiger partial charge is 0.480 e. The predicted molar refractivity (Wildman–Crippen MR) is 129 cm³/mol. The summed E-state index contributed by atoms with van der Waals surface area (Å²) in [5.74, 6) is -3.41. The summed E-state index contributed by atoms with van der Waals surface area (Å²) in [5.41, 5.74) is 1.02. The number of benzene rings is 2. The van der Waals surface area contributed by atoms with Gasteiger partial charge < -0.3 is 25.0 Å². The van der Waals surface area contributed by atoms with Crippen molar-refractivity contribution in [1.29, 1.82) is 0 Å². The van der Waals surface area contributed by atoms with Gasteiger partial charge in [-0.2, -0.15) is 0 Å². The Morgan fingerprint density at radius 1 is 0.912 bits per heavy atom. The molecule has 0 saturated carbocycles. The second-order valence-electron chi connectivity index (χ2n) is 9.53. The molecule has 0 bridgehead atoms. The molecule has 34 heavy (non-hydrogen) atoms. The molecule has 186 valence electrons. The van der Waals surface area contributed by atoms with Gasteiger partial charge in [-0.15, -0.1) is 0 Å². The summed E-state index contributed by atoms with van der Waals surface area (Å²) in [6.45, 7) is 5.40. The first kappa shape index (κ1) is 27.3. The SMILES string of the molecule is CC(C)(C)CNC(=O)C(OCCCCCc1ccc2ccccc2c1)C(OCC(=O)O)C(=O)O. The highest BCUT2D eigenvalue weighted by atomic mass is 16.6. The van der Waals surface area contributed by atoms with Crippen LogP contribution in [-0.4, -0.2) is 60.0 Å². The standard InChI is InChI=1S/C26H35NO7/c1-26(2,3)17-27-24(30)22(23(25(31)32)34-16-21(28)29)33-14-8-4-5-9-18-12-13-19-10-6-7-11-20(19)15-18/h6-7,10-13,15,22-23H,4-5,8-9,14,16-17H2,1-3H3,(H,27,30)(H,28,29)(H,31,32). The van der Waals surface area contributed by atoms with Gasteiger partial charge in [-0.1, -0.05) is 69.7 Å². The van der Waals surface area contributed by atoms with E-state index in [1.54, 1.807) is 0 Å². The topological polar surface area (TPSA) is 122 Å². The Labute approximate surface area is 200 Å². The lowest BCUT2D eigenvalue weighted by Gasteiger charge is -2.25. The normalized spacial score (nSPS) is 13.4. The van der Waals surface area contributed by atoms with Crippen molar-refractivity contribution in [2.45, 2.75) is 58.7 Å². The van der Waals surface area contributed by atoms with Gasteiger partial charge in [-0.05, 0) is 41.0 Å². The molecule has 2 aromatic rings. The van der Waals surface area contributed by atoms with Crippen LogP contribution >= 0.6 is 0 Å². The molecule has 0 radical (unpaired) electrons. The van der Waals surface area contributed by atoms with Crippen molar-refractivity contribution >= 4 is 28.6 Å². The average molecular weight is 474 g/mol. The van der Waals surface area contributed by atoms with Crippen molar-refractivity contribution in [3.8, 4) is 0 Å². The number of amides is 1. The van der Waals surface area contributed by atoms with E-state index in [1.807, 2.05) is 32.9 Å². The zero-order valence-electron chi connectivity index (χ0n) is 20.1. The van der Waals surface area contributed by atoms with Gasteiger partial charge >= 0.3 is 11.9 Å². The number of rotatable bonds is 14. The summed E-state index contributed by atoms with van der Waals surface area (Å²) in [5, 5.41) is 23.4. The lowest BCUT2D eigenvalue weighted by molar-refractivity contribution is -0.172. The maximum atomic E-state index is 12.7. The third kappa shape index (κ3) is 9.49. The number of aryl methyl sites for hydroxylation is 1. The van der Waals surface area contributed by atoms with Crippen molar-refractivity contribution in [2.24, 2.45) is 5.41 Å². The first-order chi connectivity index (χ1) is 16.1. The van der Waals surface area contributed by atoms with Gasteiger partial charge in [0.2, 0.25) is 0 Å². The van der Waals surface area contributed by atoms with Crippen LogP contribution < -0.4 is 5.32 Å². The summed E-state index contributed by atoms with van der Waals surface area (Å²) >= 11 is 0. The number of carbonyl (C=O) groups is 3. The van der Waals surface area contributed by atoms with Crippen LogP contribution in [0, 0.1) is 5.41 Å². The molecule has 0 aliphatic heterocycles. The molecular formula is C26H35NO7. The Bertz CT molecular complexity index is 967. The third-order valence-electron chi connectivity index (χ3n) is 5.18. The van der Waals surface area contributed by atoms with E-state index in [9.17, 15) is 19.5 Å². The zero-order valence-corrected chi connectivity index (χ0v) is 20.1. The fourth-order valence-electron chi connectivity index (χ4n) is 3.42. The maximum Gasteiger partial charge on any atom is 0.336 e. The van der Waals surface area contributed by atoms with Gasteiger partial charge in [0.25, 0.3) is 5.91 Å². The van der Waals surface area contributed by atoms with Crippen molar-refractivity contribution < 1.29 is 34.1 Å². The van der Waals surface area contributed by atoms with Crippen LogP contribution in [0.5, 0.6) is 0 Å². The Morgan fingerprint density at radius 3 is 2.26 bits per heavy atom. The first-order valence-corrected chi connectivity index (χ1v) is 11.5. The van der Waals surface area contributed by atoms with Gasteiger partial charge in [0.15, 0.2) is 12.2 Å². The minimum absolute atomic E-state index is 0.158. The first-order valence-electron chi connectivity index (χ1n) is 11.5. The molecule has 8 heteroatoms. The fourth-order valence-corrected chi connectivity index (χ4v) is 3.42. The molecule has 0 heterocycles. The van der Waals surface area contributed by atoms with Crippen LogP contribution in [-0.2, 0) is 30.3 Å². The van der Waals surface area contributed by atoms with Crippen LogP contribution in [0.4, 0.5) is 0 Å². The monoisotopic (exact) mass is 473 g/mol. The van der Waals surface area contributed by atoms with E-state index in [0.29, 0.717) is 13.0 Å². The Hall–Kier alpha value is -2.97. The number of carboxylic acids is 2. The van der Waals surface area contributed by atoms with Crippen LogP contribution in [0.2, 0.25) is 0 Å². The van der Waals surface area contributed by atoms with Gasteiger partial charge in [-0.3, -0.25) is 4.79 Å². The predicted octanol–water partition coefficient (Wildman–Crippen LogP) is 3.65. The minimum Gasteiger partial charge on any atom is -0.480 e. The molecule has 2 rings (SSSR count). The lowest BCUT2D eigenvalue weighted by atomic mass is 9.97. The van der Waals surface area contributed by atoms with Crippen molar-refractivity contribution in [3.63, 3.8) is 0 Å². The number of aliphatic carboxylic acids is 2. The van der Waals surface area contributed by atoms with E-state index in [2.05, 4.69) is 35.6 Å². The smallest absolute Gasteiger partial charge is 0.336 e. The highest BCUT2D eigenvalue weighted by Gasteiger charge is 2.36. The zero-order chi connectivity index (χ0) is 25.1. The van der Waals surface area contributed by atoms with Crippen molar-refractivity contribution in [2.75, 3.05) is 19.8 Å². The molecule has 0 saturated heterocycles. The minimum atomic E-state index is -1.71. The van der Waals surface area contributed by atoms with E-state index in [0.717, 1.165) is 19.3 Å². The highest BCUT2D eigenvalue weighted by Crippen LogP contribution is 2.18. The second kappa shape index (κ2) is 13.1. The molecule has 2 atom stereocenters. The van der Waals surface area contributed by atoms with Crippen molar-refractivity contribution in [3.05, 3.63) is 48.0 Å². The summed E-state index contributed by atoms with van der Waals surface area (Å²) in [6.07, 6.45) is 0.118. The molecule has 3 N–H and O–H groups in total. The molecule has 2 aromatic carbocycles. The molecular weight excluding hydrogens is 438 g/mol. The Balaban J connectivity index is 1.88. The average Bonchev–Trinajstić information content (AvgIpc) is 2.77. The number of carboxylic acid groups (broad SMARTS) is 2. The van der Waals surface area contributed by atoms with Crippen LogP contribution in [0.15, 0.2) is 42.5 Å². The van der Waals surface area contributed by atoms with E-state index in [1.165, 1.54) is 16.3 Å². The van der Waals surface area contributed by atoms with E-state index >= 15 is 0 Å². The second-order valence-corrected chi connectivity index (χ2v) is 9.53. The Morgan fingerprint density at radius 2 is 1.62 bits per heavy atom.